The molecule has 1 atom stereocenters. The molecule has 1 unspecified atom stereocenters. The Labute approximate surface area is 79.7 Å². The van der Waals surface area contributed by atoms with Crippen LogP contribution in [0.25, 0.3) is 0 Å². The van der Waals surface area contributed by atoms with E-state index in [1.165, 1.54) is 25.9 Å². The number of hydrogen-bond acceptors (Lipinski definition) is 2. The number of likely N-dealkylation sites (tertiary alicyclic amines) is 1. The first-order valence-electron chi connectivity index (χ1n) is 4.20. The predicted molar refractivity (Wildman–Crippen MR) is 52.2 cm³/mol. The number of ether oxygens (including phenoxy) is 1. The van der Waals surface area contributed by atoms with Crippen LogP contribution in [0.1, 0.15) is 26.7 Å². The first-order chi connectivity index (χ1) is 4.84. The van der Waals surface area contributed by atoms with Crippen LogP contribution in [0.4, 0.5) is 0 Å². The molecule has 0 amide bonds. The third-order valence-electron chi connectivity index (χ3n) is 2.06. The molecule has 0 N–H and O–H groups in total. The molecule has 3 heteroatoms. The molecule has 1 aliphatic rings. The van der Waals surface area contributed by atoms with Gasteiger partial charge in [-0.25, -0.2) is 0 Å². The summed E-state index contributed by atoms with van der Waals surface area (Å²) in [4.78, 5) is 2.39. The molecule has 0 aromatic heterocycles. The van der Waals surface area contributed by atoms with Crippen molar-refractivity contribution in [1.82, 2.24) is 4.90 Å². The summed E-state index contributed by atoms with van der Waals surface area (Å²) in [6.07, 6.45) is 3.03. The van der Waals surface area contributed by atoms with Crippen LogP contribution in [-0.2, 0) is 4.74 Å². The lowest BCUT2D eigenvalue weighted by Gasteiger charge is -2.22. The Bertz CT molecular complexity index is 94.1. The minimum atomic E-state index is 0. The highest BCUT2D eigenvalue weighted by molar-refractivity contribution is 8.93. The Morgan fingerprint density at radius 2 is 1.91 bits per heavy atom. The highest BCUT2D eigenvalue weighted by atomic mass is 79.9. The van der Waals surface area contributed by atoms with Gasteiger partial charge < -0.3 is 4.74 Å². The van der Waals surface area contributed by atoms with Gasteiger partial charge in [0.05, 0.1) is 0 Å². The van der Waals surface area contributed by atoms with Gasteiger partial charge in [0.2, 0.25) is 0 Å². The summed E-state index contributed by atoms with van der Waals surface area (Å²) in [6.45, 7) is 7.46. The van der Waals surface area contributed by atoms with Crippen molar-refractivity contribution >= 4 is 17.0 Å². The number of halogens is 1. The van der Waals surface area contributed by atoms with Gasteiger partial charge in [0, 0.05) is 19.7 Å². The molecule has 1 rings (SSSR count). The van der Waals surface area contributed by atoms with Gasteiger partial charge >= 0.3 is 0 Å². The highest BCUT2D eigenvalue weighted by Crippen LogP contribution is 2.11. The van der Waals surface area contributed by atoms with Crippen molar-refractivity contribution in [3.63, 3.8) is 0 Å². The Balaban J connectivity index is 0.000001000. The van der Waals surface area contributed by atoms with Gasteiger partial charge in [0.15, 0.2) is 0 Å². The minimum Gasteiger partial charge on any atom is -0.364 e. The van der Waals surface area contributed by atoms with Crippen molar-refractivity contribution in [2.75, 3.05) is 19.7 Å². The zero-order valence-electron chi connectivity index (χ0n) is 7.38. The maximum Gasteiger partial charge on any atom is 0.107 e. The Morgan fingerprint density at radius 1 is 1.36 bits per heavy atom. The van der Waals surface area contributed by atoms with E-state index < -0.39 is 0 Å². The fourth-order valence-electron chi connectivity index (χ4n) is 1.45. The first-order valence-corrected chi connectivity index (χ1v) is 4.20. The van der Waals surface area contributed by atoms with E-state index >= 15 is 0 Å². The lowest BCUT2D eigenvalue weighted by Crippen LogP contribution is -2.32. The molecule has 0 aliphatic carbocycles. The largest absolute Gasteiger partial charge is 0.364 e. The summed E-state index contributed by atoms with van der Waals surface area (Å²) in [7, 11) is 0. The molecule has 2 nitrogen and oxygen atoms in total. The smallest absolute Gasteiger partial charge is 0.107 e. The maximum atomic E-state index is 5.45. The van der Waals surface area contributed by atoms with Crippen molar-refractivity contribution in [2.24, 2.45) is 0 Å². The zero-order valence-corrected chi connectivity index (χ0v) is 9.09. The molecule has 1 heterocycles. The molecule has 1 fully saturated rings. The van der Waals surface area contributed by atoms with Crippen LogP contribution in [0.2, 0.25) is 0 Å². The van der Waals surface area contributed by atoms with Crippen molar-refractivity contribution in [1.29, 1.82) is 0 Å². The quantitative estimate of drug-likeness (QED) is 0.727. The van der Waals surface area contributed by atoms with Crippen molar-refractivity contribution in [2.45, 2.75) is 32.9 Å². The average molecular weight is 224 g/mol. The summed E-state index contributed by atoms with van der Waals surface area (Å²) in [6, 6.07) is 0. The van der Waals surface area contributed by atoms with E-state index in [2.05, 4.69) is 11.8 Å². The molecule has 0 saturated carbocycles. The van der Waals surface area contributed by atoms with Gasteiger partial charge in [-0.3, -0.25) is 4.90 Å². The normalized spacial score (nSPS) is 21.3. The third-order valence-corrected chi connectivity index (χ3v) is 2.06. The van der Waals surface area contributed by atoms with E-state index in [-0.39, 0.29) is 17.0 Å². The van der Waals surface area contributed by atoms with Gasteiger partial charge in [-0.2, -0.15) is 0 Å². The summed E-state index contributed by atoms with van der Waals surface area (Å²) in [5.41, 5.74) is 0. The third kappa shape index (κ3) is 3.54. The van der Waals surface area contributed by atoms with E-state index in [0.29, 0.717) is 6.23 Å². The molecule has 0 bridgehead atoms. The van der Waals surface area contributed by atoms with E-state index in [1.807, 2.05) is 6.92 Å². The van der Waals surface area contributed by atoms with Crippen molar-refractivity contribution < 1.29 is 4.74 Å². The van der Waals surface area contributed by atoms with Crippen LogP contribution in [0.5, 0.6) is 0 Å². The highest BCUT2D eigenvalue weighted by Gasteiger charge is 2.17. The van der Waals surface area contributed by atoms with Gasteiger partial charge in [0.1, 0.15) is 6.23 Å². The average Bonchev–Trinajstić information content (AvgIpc) is 2.38. The van der Waals surface area contributed by atoms with Crippen molar-refractivity contribution in [3.05, 3.63) is 0 Å². The lowest BCUT2D eigenvalue weighted by atomic mass is 10.4. The summed E-state index contributed by atoms with van der Waals surface area (Å²) < 4.78 is 5.45. The molecule has 0 radical (unpaired) electrons. The van der Waals surface area contributed by atoms with E-state index in [0.717, 1.165) is 6.61 Å². The van der Waals surface area contributed by atoms with E-state index in [4.69, 9.17) is 4.74 Å². The van der Waals surface area contributed by atoms with Crippen molar-refractivity contribution in [3.8, 4) is 0 Å². The Morgan fingerprint density at radius 3 is 2.36 bits per heavy atom. The van der Waals surface area contributed by atoms with E-state index in [9.17, 15) is 0 Å². The summed E-state index contributed by atoms with van der Waals surface area (Å²) in [5.74, 6) is 0. The summed E-state index contributed by atoms with van der Waals surface area (Å²) in [5, 5.41) is 0. The molecule has 1 aliphatic heterocycles. The molecule has 0 aromatic carbocycles. The zero-order chi connectivity index (χ0) is 7.40. The molecule has 1 saturated heterocycles. The van der Waals surface area contributed by atoms with Crippen LogP contribution in [-0.4, -0.2) is 30.8 Å². The summed E-state index contributed by atoms with van der Waals surface area (Å²) >= 11 is 0. The van der Waals surface area contributed by atoms with Gasteiger partial charge in [0.25, 0.3) is 0 Å². The second kappa shape index (κ2) is 5.98. The second-order valence-corrected chi connectivity index (χ2v) is 2.80. The van der Waals surface area contributed by atoms with Crippen LogP contribution >= 0.6 is 17.0 Å². The molecule has 68 valence electrons. The SMILES string of the molecule is Br.CCOC(C)N1CCCC1. The van der Waals surface area contributed by atoms with Crippen LogP contribution in [0.3, 0.4) is 0 Å². The predicted octanol–water partition coefficient (Wildman–Crippen LogP) is 2.04. The number of rotatable bonds is 3. The lowest BCUT2D eigenvalue weighted by molar-refractivity contribution is -0.0301. The molecule has 0 aromatic rings. The maximum absolute atomic E-state index is 5.45. The minimum absolute atomic E-state index is 0. The molecular formula is C8H18BrNO. The van der Waals surface area contributed by atoms with Crippen LogP contribution < -0.4 is 0 Å². The second-order valence-electron chi connectivity index (χ2n) is 2.80. The number of hydrogen-bond donors (Lipinski definition) is 0. The Kier molecular flexibility index (Phi) is 6.19. The van der Waals surface area contributed by atoms with Crippen LogP contribution in [0, 0.1) is 0 Å². The molecular weight excluding hydrogens is 206 g/mol. The van der Waals surface area contributed by atoms with Gasteiger partial charge in [-0.1, -0.05) is 0 Å². The molecule has 0 spiro atoms. The monoisotopic (exact) mass is 223 g/mol. The first kappa shape index (κ1) is 11.4. The van der Waals surface area contributed by atoms with Gasteiger partial charge in [-0.15, -0.1) is 17.0 Å². The Hall–Kier alpha value is 0.400. The van der Waals surface area contributed by atoms with Crippen LogP contribution in [0.15, 0.2) is 0 Å². The fraction of sp³-hybridized carbons (Fsp3) is 1.00. The fourth-order valence-corrected chi connectivity index (χ4v) is 1.45. The standard InChI is InChI=1S/C8H17NO.BrH/c1-3-10-8(2)9-6-4-5-7-9;/h8H,3-7H2,1-2H3;1H. The van der Waals surface area contributed by atoms with E-state index in [1.54, 1.807) is 0 Å². The topological polar surface area (TPSA) is 12.5 Å². The molecule has 11 heavy (non-hydrogen) atoms. The number of nitrogens with zero attached hydrogens (tertiary/aromatic N) is 1. The van der Waals surface area contributed by atoms with Gasteiger partial charge in [-0.05, 0) is 26.7 Å².